The number of aromatic nitrogens is 2. The van der Waals surface area contributed by atoms with Gasteiger partial charge in [0.15, 0.2) is 0 Å². The van der Waals surface area contributed by atoms with E-state index in [-0.39, 0.29) is 0 Å². The van der Waals surface area contributed by atoms with E-state index in [2.05, 4.69) is 19.8 Å². The largest absolute Gasteiger partial charge is 0.481 e. The number of hydrogen-bond donors (Lipinski definition) is 1. The highest BCUT2D eigenvalue weighted by Gasteiger charge is 2.41. The first-order valence-electron chi connectivity index (χ1n) is 7.14. The Balaban J connectivity index is 1.78. The van der Waals surface area contributed by atoms with Crippen LogP contribution >= 0.6 is 0 Å². The predicted molar refractivity (Wildman–Crippen MR) is 76.1 cm³/mol. The normalized spacial score (nSPS) is 26.2. The van der Waals surface area contributed by atoms with Gasteiger partial charge in [0, 0.05) is 32.2 Å². The molecule has 0 aromatic carbocycles. The highest BCUT2D eigenvalue weighted by molar-refractivity contribution is 5.76. The van der Waals surface area contributed by atoms with Crippen LogP contribution in [-0.2, 0) is 4.79 Å². The molecule has 0 saturated carbocycles. The van der Waals surface area contributed by atoms with Gasteiger partial charge in [0.05, 0.1) is 5.41 Å². The summed E-state index contributed by atoms with van der Waals surface area (Å²) in [6.45, 7) is 5.14. The van der Waals surface area contributed by atoms with Crippen LogP contribution < -0.4 is 9.80 Å². The molecule has 0 aliphatic carbocycles. The van der Waals surface area contributed by atoms with Crippen molar-refractivity contribution in [2.75, 3.05) is 36.0 Å². The summed E-state index contributed by atoms with van der Waals surface area (Å²) in [5.41, 5.74) is -0.668. The zero-order chi connectivity index (χ0) is 14.2. The Bertz CT molecular complexity index is 516. The third kappa shape index (κ3) is 2.30. The molecular formula is C14H20N4O2. The van der Waals surface area contributed by atoms with E-state index in [1.807, 2.05) is 6.07 Å². The van der Waals surface area contributed by atoms with Crippen LogP contribution in [0, 0.1) is 5.41 Å². The maximum atomic E-state index is 11.3. The molecule has 1 atom stereocenters. The molecule has 108 valence electrons. The second-order valence-corrected chi connectivity index (χ2v) is 5.97. The first-order valence-corrected chi connectivity index (χ1v) is 7.14. The molecule has 2 fully saturated rings. The molecule has 2 aliphatic heterocycles. The van der Waals surface area contributed by atoms with Crippen molar-refractivity contribution in [1.82, 2.24) is 9.97 Å². The molecule has 1 unspecified atom stereocenters. The second-order valence-electron chi connectivity index (χ2n) is 5.97. The summed E-state index contributed by atoms with van der Waals surface area (Å²) >= 11 is 0. The van der Waals surface area contributed by atoms with E-state index >= 15 is 0 Å². The van der Waals surface area contributed by atoms with Crippen LogP contribution in [-0.4, -0.2) is 47.2 Å². The lowest BCUT2D eigenvalue weighted by atomic mass is 9.90. The molecule has 2 aliphatic rings. The lowest BCUT2D eigenvalue weighted by molar-refractivity contribution is -0.146. The maximum absolute atomic E-state index is 11.3. The topological polar surface area (TPSA) is 69.6 Å². The standard InChI is InChI=1S/C14H20N4O2/c1-14(13(19)20)4-7-18(9-14)12-8-11(15-10-16-12)17-5-2-3-6-17/h8,10H,2-7,9H2,1H3,(H,19,20). The maximum Gasteiger partial charge on any atom is 0.311 e. The van der Waals surface area contributed by atoms with Crippen molar-refractivity contribution in [1.29, 1.82) is 0 Å². The number of nitrogens with zero attached hydrogens (tertiary/aromatic N) is 4. The third-order valence-corrected chi connectivity index (χ3v) is 4.38. The predicted octanol–water partition coefficient (Wildman–Crippen LogP) is 1.38. The fourth-order valence-electron chi connectivity index (χ4n) is 2.96. The van der Waals surface area contributed by atoms with Crippen LogP contribution in [0.25, 0.3) is 0 Å². The third-order valence-electron chi connectivity index (χ3n) is 4.38. The van der Waals surface area contributed by atoms with Crippen molar-refractivity contribution in [3.63, 3.8) is 0 Å². The summed E-state index contributed by atoms with van der Waals surface area (Å²) in [4.78, 5) is 24.3. The number of carbonyl (C=O) groups is 1. The summed E-state index contributed by atoms with van der Waals surface area (Å²) in [7, 11) is 0. The SMILES string of the molecule is CC1(C(=O)O)CCN(c2cc(N3CCCC3)ncn2)C1. The van der Waals surface area contributed by atoms with Crippen LogP contribution in [0.15, 0.2) is 12.4 Å². The molecule has 2 saturated heterocycles. The van der Waals surface area contributed by atoms with Gasteiger partial charge in [0.1, 0.15) is 18.0 Å². The van der Waals surface area contributed by atoms with Crippen molar-refractivity contribution in [3.8, 4) is 0 Å². The van der Waals surface area contributed by atoms with Crippen LogP contribution in [0.3, 0.4) is 0 Å². The van der Waals surface area contributed by atoms with Crippen LogP contribution in [0.4, 0.5) is 11.6 Å². The van der Waals surface area contributed by atoms with Crippen LogP contribution in [0.2, 0.25) is 0 Å². The monoisotopic (exact) mass is 276 g/mol. The van der Waals surface area contributed by atoms with Gasteiger partial charge in [-0.3, -0.25) is 4.79 Å². The van der Waals surface area contributed by atoms with Gasteiger partial charge >= 0.3 is 5.97 Å². The Morgan fingerprint density at radius 3 is 2.45 bits per heavy atom. The molecule has 3 heterocycles. The van der Waals surface area contributed by atoms with Crippen LogP contribution in [0.1, 0.15) is 26.2 Å². The van der Waals surface area contributed by atoms with Crippen LogP contribution in [0.5, 0.6) is 0 Å². The van der Waals surface area contributed by atoms with Crippen molar-refractivity contribution in [3.05, 3.63) is 12.4 Å². The van der Waals surface area contributed by atoms with Gasteiger partial charge in [-0.05, 0) is 26.2 Å². The Labute approximate surface area is 118 Å². The lowest BCUT2D eigenvalue weighted by Crippen LogP contribution is -2.32. The molecule has 6 heteroatoms. The van der Waals surface area contributed by atoms with Crippen molar-refractivity contribution >= 4 is 17.6 Å². The van der Waals surface area contributed by atoms with E-state index < -0.39 is 11.4 Å². The van der Waals surface area contributed by atoms with Gasteiger partial charge in [-0.25, -0.2) is 9.97 Å². The summed E-state index contributed by atoms with van der Waals surface area (Å²) < 4.78 is 0. The number of aliphatic carboxylic acids is 1. The summed E-state index contributed by atoms with van der Waals surface area (Å²) in [6, 6.07) is 1.99. The minimum absolute atomic E-state index is 0.513. The Morgan fingerprint density at radius 2 is 1.85 bits per heavy atom. The zero-order valence-corrected chi connectivity index (χ0v) is 11.7. The molecule has 1 aromatic rings. The van der Waals surface area contributed by atoms with E-state index in [4.69, 9.17) is 0 Å². The fourth-order valence-corrected chi connectivity index (χ4v) is 2.96. The Morgan fingerprint density at radius 1 is 1.20 bits per heavy atom. The highest BCUT2D eigenvalue weighted by atomic mass is 16.4. The zero-order valence-electron chi connectivity index (χ0n) is 11.7. The Kier molecular flexibility index (Phi) is 3.23. The van der Waals surface area contributed by atoms with E-state index in [0.29, 0.717) is 13.0 Å². The van der Waals surface area contributed by atoms with Gasteiger partial charge in [0.25, 0.3) is 0 Å². The summed E-state index contributed by atoms with van der Waals surface area (Å²) in [6.07, 6.45) is 4.66. The average molecular weight is 276 g/mol. The Hall–Kier alpha value is -1.85. The highest BCUT2D eigenvalue weighted by Crippen LogP contribution is 2.33. The molecule has 0 amide bonds. The molecule has 6 nitrogen and oxygen atoms in total. The lowest BCUT2D eigenvalue weighted by Gasteiger charge is -2.22. The molecule has 1 aromatic heterocycles. The molecule has 0 bridgehead atoms. The van der Waals surface area contributed by atoms with E-state index in [1.165, 1.54) is 12.8 Å². The van der Waals surface area contributed by atoms with Crippen molar-refractivity contribution in [2.45, 2.75) is 26.2 Å². The minimum atomic E-state index is -0.728. The smallest absolute Gasteiger partial charge is 0.311 e. The molecule has 20 heavy (non-hydrogen) atoms. The second kappa shape index (κ2) is 4.92. The van der Waals surface area contributed by atoms with Gasteiger partial charge < -0.3 is 14.9 Å². The van der Waals surface area contributed by atoms with E-state index in [1.54, 1.807) is 13.3 Å². The van der Waals surface area contributed by atoms with Gasteiger partial charge in [-0.15, -0.1) is 0 Å². The molecule has 0 radical (unpaired) electrons. The summed E-state index contributed by atoms with van der Waals surface area (Å²) in [5.74, 6) is 1.07. The van der Waals surface area contributed by atoms with Crippen molar-refractivity contribution in [2.24, 2.45) is 5.41 Å². The quantitative estimate of drug-likeness (QED) is 0.899. The van der Waals surface area contributed by atoms with Crippen molar-refractivity contribution < 1.29 is 9.90 Å². The fraction of sp³-hybridized carbons (Fsp3) is 0.643. The van der Waals surface area contributed by atoms with Gasteiger partial charge in [-0.2, -0.15) is 0 Å². The summed E-state index contributed by atoms with van der Waals surface area (Å²) in [5, 5.41) is 9.30. The molecule has 0 spiro atoms. The average Bonchev–Trinajstić information content (AvgIpc) is 3.09. The number of carboxylic acids is 1. The van der Waals surface area contributed by atoms with Gasteiger partial charge in [-0.1, -0.05) is 0 Å². The first kappa shape index (κ1) is 13.1. The van der Waals surface area contributed by atoms with E-state index in [9.17, 15) is 9.90 Å². The van der Waals surface area contributed by atoms with Gasteiger partial charge in [0.2, 0.25) is 0 Å². The molecule has 1 N–H and O–H groups in total. The van der Waals surface area contributed by atoms with E-state index in [0.717, 1.165) is 31.3 Å². The number of hydrogen-bond acceptors (Lipinski definition) is 5. The first-order chi connectivity index (χ1) is 9.58. The number of anilines is 2. The molecular weight excluding hydrogens is 256 g/mol. The number of rotatable bonds is 3. The molecule has 3 rings (SSSR count). The number of carboxylic acid groups (broad SMARTS) is 1. The minimum Gasteiger partial charge on any atom is -0.481 e.